The van der Waals surface area contributed by atoms with Crippen LogP contribution in [0.4, 0.5) is 0 Å². The molecule has 0 saturated heterocycles. The van der Waals surface area contributed by atoms with E-state index in [4.69, 9.17) is 0 Å². The zero-order chi connectivity index (χ0) is 10.8. The third-order valence-corrected chi connectivity index (χ3v) is 4.19. The zero-order valence-corrected chi connectivity index (χ0v) is 10.4. The van der Waals surface area contributed by atoms with Crippen molar-refractivity contribution in [2.24, 2.45) is 0 Å². The van der Waals surface area contributed by atoms with Crippen LogP contribution in [0.25, 0.3) is 0 Å². The van der Waals surface area contributed by atoms with E-state index >= 15 is 0 Å². The Morgan fingerprint density at radius 1 is 1.29 bits per heavy atom. The van der Waals surface area contributed by atoms with Crippen molar-refractivity contribution < 1.29 is 8.42 Å². The third-order valence-electron chi connectivity index (χ3n) is 1.52. The average molecular weight is 278 g/mol. The van der Waals surface area contributed by atoms with Crippen molar-refractivity contribution in [1.82, 2.24) is 4.72 Å². The number of sulfonamides is 1. The molecule has 0 bridgehead atoms. The molecule has 14 heavy (non-hydrogen) atoms. The smallest absolute Gasteiger partial charge is 0.209 e. The Bertz CT molecular complexity index is 415. The molecule has 0 aliphatic rings. The second-order valence-corrected chi connectivity index (χ2v) is 5.74. The van der Waals surface area contributed by atoms with Crippen LogP contribution in [-0.2, 0) is 10.0 Å². The summed E-state index contributed by atoms with van der Waals surface area (Å²) in [7, 11) is -3.39. The fourth-order valence-electron chi connectivity index (χ4n) is 1.04. The van der Waals surface area contributed by atoms with Gasteiger partial charge in [0, 0.05) is 10.5 Å². The minimum absolute atomic E-state index is 0.105. The van der Waals surface area contributed by atoms with Gasteiger partial charge in [0.25, 0.3) is 0 Å². The first-order valence-corrected chi connectivity index (χ1v) is 6.48. The van der Waals surface area contributed by atoms with Gasteiger partial charge in [-0.2, -0.15) is 0 Å². The highest BCUT2D eigenvalue weighted by atomic mass is 79.9. The van der Waals surface area contributed by atoms with Gasteiger partial charge in [0.05, 0.1) is 4.90 Å². The van der Waals surface area contributed by atoms with E-state index in [1.54, 1.807) is 38.1 Å². The molecule has 1 N–H and O–H groups in total. The summed E-state index contributed by atoms with van der Waals surface area (Å²) in [4.78, 5) is 0.272. The highest BCUT2D eigenvalue weighted by Gasteiger charge is 2.17. The molecule has 0 aliphatic heterocycles. The van der Waals surface area contributed by atoms with Crippen molar-refractivity contribution in [3.05, 3.63) is 28.7 Å². The van der Waals surface area contributed by atoms with Crippen LogP contribution in [0.3, 0.4) is 0 Å². The Hall–Kier alpha value is -0.390. The summed E-state index contributed by atoms with van der Waals surface area (Å²) in [6, 6.07) is 6.63. The minimum atomic E-state index is -3.39. The molecule has 78 valence electrons. The second-order valence-electron chi connectivity index (χ2n) is 3.21. The lowest BCUT2D eigenvalue weighted by Crippen LogP contribution is -2.30. The van der Waals surface area contributed by atoms with E-state index in [-0.39, 0.29) is 10.9 Å². The average Bonchev–Trinajstić information content (AvgIpc) is 2.02. The lowest BCUT2D eigenvalue weighted by Gasteiger charge is -2.10. The summed E-state index contributed by atoms with van der Waals surface area (Å²) in [6.45, 7) is 3.57. The van der Waals surface area contributed by atoms with Crippen molar-refractivity contribution in [2.45, 2.75) is 24.8 Å². The zero-order valence-electron chi connectivity index (χ0n) is 7.99. The van der Waals surface area contributed by atoms with Gasteiger partial charge in [0.1, 0.15) is 0 Å². The molecule has 0 spiro atoms. The van der Waals surface area contributed by atoms with Gasteiger partial charge in [-0.1, -0.05) is 12.1 Å². The molecular weight excluding hydrogens is 266 g/mol. The van der Waals surface area contributed by atoms with Gasteiger partial charge in [0.15, 0.2) is 0 Å². The molecule has 0 saturated carbocycles. The van der Waals surface area contributed by atoms with Crippen molar-refractivity contribution >= 4 is 26.0 Å². The first kappa shape index (κ1) is 11.7. The Labute approximate surface area is 92.7 Å². The van der Waals surface area contributed by atoms with Crippen LogP contribution >= 0.6 is 15.9 Å². The first-order chi connectivity index (χ1) is 6.43. The quantitative estimate of drug-likeness (QED) is 0.920. The van der Waals surface area contributed by atoms with Crippen molar-refractivity contribution in [2.75, 3.05) is 0 Å². The third kappa shape index (κ3) is 2.80. The number of nitrogens with one attached hydrogen (secondary N) is 1. The van der Waals surface area contributed by atoms with Gasteiger partial charge in [0.2, 0.25) is 10.0 Å². The van der Waals surface area contributed by atoms with Crippen LogP contribution in [0, 0.1) is 0 Å². The van der Waals surface area contributed by atoms with E-state index in [1.165, 1.54) is 0 Å². The number of benzene rings is 1. The van der Waals surface area contributed by atoms with Crippen LogP contribution in [0.5, 0.6) is 0 Å². The number of halogens is 1. The molecule has 0 unspecified atom stereocenters. The molecule has 1 aromatic rings. The van der Waals surface area contributed by atoms with Crippen molar-refractivity contribution in [3.63, 3.8) is 0 Å². The number of hydrogen-bond donors (Lipinski definition) is 1. The Balaban J connectivity index is 3.11. The summed E-state index contributed by atoms with van der Waals surface area (Å²) < 4.78 is 26.5. The van der Waals surface area contributed by atoms with Crippen LogP contribution in [0.2, 0.25) is 0 Å². The summed E-state index contributed by atoms with van der Waals surface area (Å²) in [5.41, 5.74) is 0. The van der Waals surface area contributed by atoms with Crippen LogP contribution < -0.4 is 4.72 Å². The molecule has 0 aromatic heterocycles. The Morgan fingerprint density at radius 2 is 1.86 bits per heavy atom. The van der Waals surface area contributed by atoms with E-state index in [1.807, 2.05) is 0 Å². The molecule has 0 amide bonds. The minimum Gasteiger partial charge on any atom is -0.209 e. The second kappa shape index (κ2) is 4.42. The number of rotatable bonds is 3. The lowest BCUT2D eigenvalue weighted by molar-refractivity contribution is 0.569. The first-order valence-electron chi connectivity index (χ1n) is 4.20. The largest absolute Gasteiger partial charge is 0.241 e. The molecule has 1 aromatic carbocycles. The lowest BCUT2D eigenvalue weighted by atomic mass is 10.4. The van der Waals surface area contributed by atoms with Crippen LogP contribution in [0.1, 0.15) is 13.8 Å². The van der Waals surface area contributed by atoms with E-state index in [9.17, 15) is 8.42 Å². The maximum Gasteiger partial charge on any atom is 0.241 e. The molecule has 0 heterocycles. The fraction of sp³-hybridized carbons (Fsp3) is 0.333. The summed E-state index contributed by atoms with van der Waals surface area (Å²) >= 11 is 3.20. The normalized spacial score (nSPS) is 12.0. The summed E-state index contributed by atoms with van der Waals surface area (Å²) in [5, 5.41) is 0. The van der Waals surface area contributed by atoms with E-state index < -0.39 is 10.0 Å². The maximum atomic E-state index is 11.7. The Morgan fingerprint density at radius 3 is 2.36 bits per heavy atom. The monoisotopic (exact) mass is 277 g/mol. The van der Waals surface area contributed by atoms with E-state index in [0.717, 1.165) is 0 Å². The predicted octanol–water partition coefficient (Wildman–Crippen LogP) is 2.14. The van der Waals surface area contributed by atoms with Gasteiger partial charge in [-0.25, -0.2) is 13.1 Å². The molecule has 0 aliphatic carbocycles. The predicted molar refractivity (Wildman–Crippen MR) is 59.6 cm³/mol. The van der Waals surface area contributed by atoms with E-state index in [0.29, 0.717) is 4.47 Å². The molecule has 0 radical (unpaired) electrons. The van der Waals surface area contributed by atoms with Gasteiger partial charge in [-0.05, 0) is 41.9 Å². The van der Waals surface area contributed by atoms with Gasteiger partial charge in [-0.3, -0.25) is 0 Å². The standard InChI is InChI=1S/C9H12BrNO2S/c1-7(2)11-14(12,13)9-6-4-3-5-8(9)10/h3-7,11H,1-2H3. The number of hydrogen-bond acceptors (Lipinski definition) is 2. The molecule has 3 nitrogen and oxygen atoms in total. The molecule has 5 heteroatoms. The van der Waals surface area contributed by atoms with Crippen LogP contribution in [-0.4, -0.2) is 14.5 Å². The maximum absolute atomic E-state index is 11.7. The van der Waals surface area contributed by atoms with Crippen molar-refractivity contribution in [3.8, 4) is 0 Å². The highest BCUT2D eigenvalue weighted by Crippen LogP contribution is 2.20. The SMILES string of the molecule is CC(C)NS(=O)(=O)c1ccccc1Br. The van der Waals surface area contributed by atoms with Gasteiger partial charge >= 0.3 is 0 Å². The topological polar surface area (TPSA) is 46.2 Å². The van der Waals surface area contributed by atoms with Gasteiger partial charge < -0.3 is 0 Å². The van der Waals surface area contributed by atoms with Gasteiger partial charge in [-0.15, -0.1) is 0 Å². The summed E-state index contributed by atoms with van der Waals surface area (Å²) in [6.07, 6.45) is 0. The summed E-state index contributed by atoms with van der Waals surface area (Å²) in [5.74, 6) is 0. The van der Waals surface area contributed by atoms with E-state index in [2.05, 4.69) is 20.7 Å². The van der Waals surface area contributed by atoms with Crippen LogP contribution in [0.15, 0.2) is 33.6 Å². The van der Waals surface area contributed by atoms with Crippen molar-refractivity contribution in [1.29, 1.82) is 0 Å². The molecule has 0 atom stereocenters. The fourth-order valence-corrected chi connectivity index (χ4v) is 3.29. The molecule has 0 fully saturated rings. The highest BCUT2D eigenvalue weighted by molar-refractivity contribution is 9.10. The molecule has 1 rings (SSSR count). The molecular formula is C9H12BrNO2S. The Kier molecular flexibility index (Phi) is 3.69.